The molecule has 0 spiro atoms. The number of aromatic nitrogens is 4. The van der Waals surface area contributed by atoms with Crippen LogP contribution >= 0.6 is 0 Å². The van der Waals surface area contributed by atoms with Crippen molar-refractivity contribution in [1.82, 2.24) is 25.0 Å². The van der Waals surface area contributed by atoms with Crippen LogP contribution in [0.5, 0.6) is 0 Å². The molecule has 1 amide bonds. The first kappa shape index (κ1) is 14.7. The number of H-pyrrole nitrogens is 1. The van der Waals surface area contributed by atoms with E-state index < -0.39 is 0 Å². The van der Waals surface area contributed by atoms with Crippen LogP contribution in [0.1, 0.15) is 66.4 Å². The number of piperidine rings is 1. The molecule has 1 aliphatic rings. The molecular weight excluding hydrogens is 282 g/mol. The Morgan fingerprint density at radius 3 is 2.95 bits per heavy atom. The van der Waals surface area contributed by atoms with E-state index in [0.717, 1.165) is 30.9 Å². The number of amides is 1. The number of nitrogens with one attached hydrogen (secondary N) is 1. The van der Waals surface area contributed by atoms with Crippen LogP contribution in [-0.4, -0.2) is 44.0 Å². The minimum absolute atomic E-state index is 0.0351. The zero-order valence-corrected chi connectivity index (χ0v) is 13.2. The van der Waals surface area contributed by atoms with Gasteiger partial charge in [0, 0.05) is 24.7 Å². The smallest absolute Gasteiger partial charge is 0.274 e. The van der Waals surface area contributed by atoms with Gasteiger partial charge in [0.2, 0.25) is 5.89 Å². The van der Waals surface area contributed by atoms with Gasteiger partial charge in [-0.05, 0) is 19.8 Å². The maximum absolute atomic E-state index is 12.5. The van der Waals surface area contributed by atoms with E-state index in [1.54, 1.807) is 6.33 Å². The lowest BCUT2D eigenvalue weighted by Crippen LogP contribution is -2.39. The molecule has 118 valence electrons. The van der Waals surface area contributed by atoms with Crippen molar-refractivity contribution in [2.45, 2.75) is 45.4 Å². The van der Waals surface area contributed by atoms with E-state index in [9.17, 15) is 4.79 Å². The normalized spacial score (nSPS) is 18.9. The summed E-state index contributed by atoms with van der Waals surface area (Å²) in [4.78, 5) is 25.9. The van der Waals surface area contributed by atoms with Gasteiger partial charge in [0.25, 0.3) is 5.91 Å². The Morgan fingerprint density at radius 2 is 2.32 bits per heavy atom. The number of rotatable bonds is 3. The first-order valence-corrected chi connectivity index (χ1v) is 7.69. The van der Waals surface area contributed by atoms with E-state index >= 15 is 0 Å². The molecule has 3 heterocycles. The lowest BCUT2D eigenvalue weighted by atomic mass is 9.97. The zero-order chi connectivity index (χ0) is 15.7. The zero-order valence-electron chi connectivity index (χ0n) is 13.2. The van der Waals surface area contributed by atoms with E-state index in [0.29, 0.717) is 18.1 Å². The Labute approximate surface area is 129 Å². The third-order valence-electron chi connectivity index (χ3n) is 4.06. The van der Waals surface area contributed by atoms with Gasteiger partial charge >= 0.3 is 0 Å². The molecule has 0 saturated carbocycles. The number of carbonyl (C=O) groups excluding carboxylic acids is 1. The number of hydrogen-bond donors (Lipinski definition) is 1. The van der Waals surface area contributed by atoms with Gasteiger partial charge in [-0.15, -0.1) is 0 Å². The summed E-state index contributed by atoms with van der Waals surface area (Å²) in [5.41, 5.74) is 1.29. The SMILES string of the molecule is Cc1[nH]cnc1C(=O)N1CCCC(c2nc(C(C)C)no2)C1. The minimum Gasteiger partial charge on any atom is -0.348 e. The average molecular weight is 303 g/mol. The Hall–Kier alpha value is -2.18. The number of aryl methyl sites for hydroxylation is 1. The number of aromatic amines is 1. The van der Waals surface area contributed by atoms with Crippen molar-refractivity contribution in [3.8, 4) is 0 Å². The van der Waals surface area contributed by atoms with Crippen molar-refractivity contribution in [3.05, 3.63) is 29.4 Å². The summed E-state index contributed by atoms with van der Waals surface area (Å²) in [5.74, 6) is 1.68. The molecule has 2 aromatic heterocycles. The number of likely N-dealkylation sites (tertiary alicyclic amines) is 1. The van der Waals surface area contributed by atoms with Gasteiger partial charge in [-0.1, -0.05) is 19.0 Å². The summed E-state index contributed by atoms with van der Waals surface area (Å²) in [6.07, 6.45) is 3.44. The van der Waals surface area contributed by atoms with E-state index in [1.807, 2.05) is 25.7 Å². The summed E-state index contributed by atoms with van der Waals surface area (Å²) in [6.45, 7) is 7.27. The van der Waals surface area contributed by atoms with E-state index in [-0.39, 0.29) is 17.7 Å². The second-order valence-corrected chi connectivity index (χ2v) is 6.11. The van der Waals surface area contributed by atoms with E-state index in [4.69, 9.17) is 4.52 Å². The predicted octanol–water partition coefficient (Wildman–Crippen LogP) is 2.24. The first-order valence-electron chi connectivity index (χ1n) is 7.69. The molecule has 7 nitrogen and oxygen atoms in total. The van der Waals surface area contributed by atoms with Crippen LogP contribution in [0.3, 0.4) is 0 Å². The Bertz CT molecular complexity index is 660. The number of carbonyl (C=O) groups is 1. The number of nitrogens with zero attached hydrogens (tertiary/aromatic N) is 4. The lowest BCUT2D eigenvalue weighted by molar-refractivity contribution is 0.0689. The third kappa shape index (κ3) is 2.75. The molecule has 0 bridgehead atoms. The fourth-order valence-electron chi connectivity index (χ4n) is 2.73. The van der Waals surface area contributed by atoms with Crippen molar-refractivity contribution >= 4 is 5.91 Å². The van der Waals surface area contributed by atoms with Crippen molar-refractivity contribution < 1.29 is 9.32 Å². The van der Waals surface area contributed by atoms with Gasteiger partial charge in [-0.2, -0.15) is 4.98 Å². The van der Waals surface area contributed by atoms with Crippen molar-refractivity contribution in [3.63, 3.8) is 0 Å². The molecule has 3 rings (SSSR count). The predicted molar refractivity (Wildman–Crippen MR) is 79.6 cm³/mol. The third-order valence-corrected chi connectivity index (χ3v) is 4.06. The summed E-state index contributed by atoms with van der Waals surface area (Å²) in [7, 11) is 0. The first-order chi connectivity index (χ1) is 10.6. The highest BCUT2D eigenvalue weighted by Crippen LogP contribution is 2.27. The molecule has 1 saturated heterocycles. The second kappa shape index (κ2) is 5.90. The molecule has 0 radical (unpaired) electrons. The molecule has 22 heavy (non-hydrogen) atoms. The van der Waals surface area contributed by atoms with Crippen molar-refractivity contribution in [2.75, 3.05) is 13.1 Å². The summed E-state index contributed by atoms with van der Waals surface area (Å²) < 4.78 is 5.39. The Kier molecular flexibility index (Phi) is 3.96. The molecule has 1 atom stereocenters. The van der Waals surface area contributed by atoms with E-state index in [2.05, 4.69) is 20.1 Å². The molecular formula is C15H21N5O2. The number of hydrogen-bond acceptors (Lipinski definition) is 5. The van der Waals surface area contributed by atoms with Crippen LogP contribution in [0.2, 0.25) is 0 Å². The van der Waals surface area contributed by atoms with E-state index in [1.165, 1.54) is 0 Å². The lowest BCUT2D eigenvalue weighted by Gasteiger charge is -2.30. The maximum Gasteiger partial charge on any atom is 0.274 e. The van der Waals surface area contributed by atoms with Crippen LogP contribution < -0.4 is 0 Å². The summed E-state index contributed by atoms with van der Waals surface area (Å²) >= 11 is 0. The van der Waals surface area contributed by atoms with Crippen LogP contribution in [0.25, 0.3) is 0 Å². The Morgan fingerprint density at radius 1 is 1.50 bits per heavy atom. The highest BCUT2D eigenvalue weighted by atomic mass is 16.5. The fourth-order valence-corrected chi connectivity index (χ4v) is 2.73. The minimum atomic E-state index is -0.0351. The van der Waals surface area contributed by atoms with Gasteiger partial charge in [-0.25, -0.2) is 4.98 Å². The molecule has 0 aliphatic carbocycles. The Balaban J connectivity index is 1.73. The monoisotopic (exact) mass is 303 g/mol. The van der Waals surface area contributed by atoms with Crippen LogP contribution in [0.4, 0.5) is 0 Å². The van der Waals surface area contributed by atoms with Gasteiger partial charge in [-0.3, -0.25) is 4.79 Å². The van der Waals surface area contributed by atoms with Gasteiger partial charge in [0.1, 0.15) is 5.69 Å². The molecule has 1 aliphatic heterocycles. The fraction of sp³-hybridized carbons (Fsp3) is 0.600. The van der Waals surface area contributed by atoms with Crippen LogP contribution in [-0.2, 0) is 0 Å². The quantitative estimate of drug-likeness (QED) is 0.939. The molecule has 1 N–H and O–H groups in total. The maximum atomic E-state index is 12.5. The van der Waals surface area contributed by atoms with Crippen LogP contribution in [0.15, 0.2) is 10.9 Å². The topological polar surface area (TPSA) is 87.9 Å². The highest BCUT2D eigenvalue weighted by Gasteiger charge is 2.30. The molecule has 0 aromatic carbocycles. The largest absolute Gasteiger partial charge is 0.348 e. The van der Waals surface area contributed by atoms with Crippen molar-refractivity contribution in [2.24, 2.45) is 0 Å². The van der Waals surface area contributed by atoms with Gasteiger partial charge in [0.05, 0.1) is 12.2 Å². The summed E-state index contributed by atoms with van der Waals surface area (Å²) in [6, 6.07) is 0. The highest BCUT2D eigenvalue weighted by molar-refractivity contribution is 5.93. The molecule has 7 heteroatoms. The standard InChI is InChI=1S/C15H21N5O2/c1-9(2)13-18-14(22-19-13)11-5-4-6-20(7-11)15(21)12-10(3)16-8-17-12/h8-9,11H,4-7H2,1-3H3,(H,16,17). The average Bonchev–Trinajstić information content (AvgIpc) is 3.15. The van der Waals surface area contributed by atoms with Gasteiger partial charge in [0.15, 0.2) is 5.82 Å². The molecule has 1 fully saturated rings. The van der Waals surface area contributed by atoms with Crippen LogP contribution in [0, 0.1) is 6.92 Å². The van der Waals surface area contributed by atoms with Crippen molar-refractivity contribution in [1.29, 1.82) is 0 Å². The second-order valence-electron chi connectivity index (χ2n) is 6.11. The summed E-state index contributed by atoms with van der Waals surface area (Å²) in [5, 5.41) is 4.02. The number of imidazole rings is 1. The van der Waals surface area contributed by atoms with Gasteiger partial charge < -0.3 is 14.4 Å². The molecule has 1 unspecified atom stereocenters. The molecule has 2 aromatic rings.